The van der Waals surface area contributed by atoms with Crippen LogP contribution in [0.15, 0.2) is 54.7 Å². The Bertz CT molecular complexity index is 1890. The van der Waals surface area contributed by atoms with Crippen molar-refractivity contribution in [3.05, 3.63) is 81.5 Å². The molecule has 9 nitrogen and oxygen atoms in total. The van der Waals surface area contributed by atoms with Crippen molar-refractivity contribution in [1.29, 1.82) is 0 Å². The van der Waals surface area contributed by atoms with Gasteiger partial charge in [0.1, 0.15) is 12.4 Å². The standard InChI is InChI=1S/C37H38Cl2FN5O4/c1-48-31-13-24(12-22-9-11-44(18-29(22)31)17-25(46)15-40)35-34(39)27(8-10-41-35)26-4-3-5-28(33(26)38)30-7-6-23(36(43-30)49-2)16-45-20-37(21-45)14-32(47)42-19-37/h3-8,10,12-13,25,46H,9,11,14-21H2,1-2H3,(H,42,47)/t25-/m1/s1. The van der Waals surface area contributed by atoms with Crippen LogP contribution in [0.1, 0.15) is 23.1 Å². The number of nitrogens with zero attached hydrogens (tertiary/aromatic N) is 4. The lowest BCUT2D eigenvalue weighted by molar-refractivity contribution is -0.120. The van der Waals surface area contributed by atoms with Crippen LogP contribution in [-0.2, 0) is 24.3 Å². The second kappa shape index (κ2) is 13.8. The van der Waals surface area contributed by atoms with Crippen molar-refractivity contribution in [2.24, 2.45) is 5.41 Å². The molecule has 0 bridgehead atoms. The number of likely N-dealkylation sites (tertiary alicyclic amines) is 1. The molecule has 4 aromatic rings. The molecular formula is C37H38Cl2FN5O4. The number of carbonyl (C=O) groups is 1. The van der Waals surface area contributed by atoms with Gasteiger partial charge in [0.15, 0.2) is 0 Å². The number of hydrogen-bond donors (Lipinski definition) is 2. The summed E-state index contributed by atoms with van der Waals surface area (Å²) in [5.74, 6) is 1.36. The quantitative estimate of drug-likeness (QED) is 0.213. The maximum Gasteiger partial charge on any atom is 0.220 e. The summed E-state index contributed by atoms with van der Waals surface area (Å²) < 4.78 is 24.5. The fourth-order valence-electron chi connectivity index (χ4n) is 7.45. The number of rotatable bonds is 10. The largest absolute Gasteiger partial charge is 0.496 e. The van der Waals surface area contributed by atoms with E-state index in [1.165, 1.54) is 0 Å². The second-order valence-corrected chi connectivity index (χ2v) is 14.0. The van der Waals surface area contributed by atoms with Gasteiger partial charge in [-0.05, 0) is 36.2 Å². The number of benzene rings is 2. The summed E-state index contributed by atoms with van der Waals surface area (Å²) in [5, 5.41) is 13.8. The molecule has 1 amide bonds. The molecule has 2 aromatic heterocycles. The van der Waals surface area contributed by atoms with E-state index in [-0.39, 0.29) is 17.9 Å². The highest BCUT2D eigenvalue weighted by Crippen LogP contribution is 2.44. The molecule has 7 rings (SSSR count). The summed E-state index contributed by atoms with van der Waals surface area (Å²) in [4.78, 5) is 25.6. The van der Waals surface area contributed by atoms with Gasteiger partial charge >= 0.3 is 0 Å². The first-order valence-electron chi connectivity index (χ1n) is 16.3. The van der Waals surface area contributed by atoms with Crippen LogP contribution in [0, 0.1) is 5.41 Å². The van der Waals surface area contributed by atoms with E-state index in [1.54, 1.807) is 20.4 Å². The molecule has 2 N–H and O–H groups in total. The molecule has 0 unspecified atom stereocenters. The van der Waals surface area contributed by atoms with E-state index in [0.29, 0.717) is 59.1 Å². The molecule has 0 saturated carbocycles. The summed E-state index contributed by atoms with van der Waals surface area (Å²) in [7, 11) is 3.24. The van der Waals surface area contributed by atoms with Gasteiger partial charge in [-0.25, -0.2) is 9.37 Å². The molecule has 0 radical (unpaired) electrons. The molecule has 49 heavy (non-hydrogen) atoms. The summed E-state index contributed by atoms with van der Waals surface area (Å²) >= 11 is 14.2. The van der Waals surface area contributed by atoms with Gasteiger partial charge in [-0.1, -0.05) is 47.5 Å². The lowest BCUT2D eigenvalue weighted by atomic mass is 9.79. The summed E-state index contributed by atoms with van der Waals surface area (Å²) in [6.45, 7) is 3.90. The van der Waals surface area contributed by atoms with Crippen molar-refractivity contribution in [3.63, 3.8) is 0 Å². The predicted molar refractivity (Wildman–Crippen MR) is 188 cm³/mol. The predicted octanol–water partition coefficient (Wildman–Crippen LogP) is 5.81. The number of β-amino-alcohol motifs (C(OH)–C–C–N with tert-alkyl or cyclic N) is 1. The monoisotopic (exact) mass is 705 g/mol. The number of amides is 1. The third-order valence-corrected chi connectivity index (χ3v) is 10.6. The normalized spacial score (nSPS) is 17.8. The first-order valence-corrected chi connectivity index (χ1v) is 17.1. The topological polar surface area (TPSA) is 100 Å². The van der Waals surface area contributed by atoms with Gasteiger partial charge in [0.25, 0.3) is 0 Å². The third kappa shape index (κ3) is 6.60. The highest BCUT2D eigenvalue weighted by atomic mass is 35.5. The van der Waals surface area contributed by atoms with E-state index < -0.39 is 12.8 Å². The zero-order valence-corrected chi connectivity index (χ0v) is 29.0. The summed E-state index contributed by atoms with van der Waals surface area (Å²) in [6, 6.07) is 15.6. The van der Waals surface area contributed by atoms with E-state index in [2.05, 4.69) is 21.3 Å². The van der Waals surface area contributed by atoms with Crippen molar-refractivity contribution < 1.29 is 23.8 Å². The highest BCUT2D eigenvalue weighted by molar-refractivity contribution is 6.39. The molecule has 2 saturated heterocycles. The Hall–Kier alpha value is -3.80. The van der Waals surface area contributed by atoms with Crippen LogP contribution in [0.3, 0.4) is 0 Å². The molecular weight excluding hydrogens is 668 g/mol. The fraction of sp³-hybridized carbons (Fsp3) is 0.378. The average molecular weight is 707 g/mol. The number of aliphatic hydroxyl groups excluding tert-OH is 1. The number of pyridine rings is 2. The Morgan fingerprint density at radius 3 is 2.57 bits per heavy atom. The SMILES string of the molecule is COc1cc(-c2nccc(-c3cccc(-c4ccc(CN5CC6(CNC(=O)C6)C5)c(OC)n4)c3Cl)c2Cl)cc2c1CN(C[C@H](O)CF)CC2. The molecule has 12 heteroatoms. The number of aliphatic hydroxyl groups is 1. The van der Waals surface area contributed by atoms with Gasteiger partial charge in [-0.3, -0.25) is 19.6 Å². The average Bonchev–Trinajstić information content (AvgIpc) is 3.49. The lowest BCUT2D eigenvalue weighted by Crippen LogP contribution is -2.56. The van der Waals surface area contributed by atoms with Crippen molar-refractivity contribution in [3.8, 4) is 45.3 Å². The number of halogens is 3. The van der Waals surface area contributed by atoms with Crippen LogP contribution >= 0.6 is 23.2 Å². The number of carbonyl (C=O) groups excluding carboxylic acids is 1. The Kier molecular flexibility index (Phi) is 9.51. The molecule has 0 aliphatic carbocycles. The zero-order chi connectivity index (χ0) is 34.3. The van der Waals surface area contributed by atoms with Gasteiger partial charge < -0.3 is 19.9 Å². The Morgan fingerprint density at radius 2 is 1.84 bits per heavy atom. The molecule has 2 fully saturated rings. The van der Waals surface area contributed by atoms with Gasteiger partial charge in [0, 0.05) is 97.2 Å². The number of fused-ring (bicyclic) bond motifs is 1. The van der Waals surface area contributed by atoms with Crippen LogP contribution in [0.25, 0.3) is 33.6 Å². The van der Waals surface area contributed by atoms with E-state index in [0.717, 1.165) is 65.0 Å². The molecule has 1 spiro atoms. The van der Waals surface area contributed by atoms with Crippen LogP contribution in [-0.4, -0.2) is 90.5 Å². The summed E-state index contributed by atoms with van der Waals surface area (Å²) in [5.41, 5.74) is 7.46. The molecule has 3 aliphatic heterocycles. The highest BCUT2D eigenvalue weighted by Gasteiger charge is 2.48. The number of ether oxygens (including phenoxy) is 2. The Labute approximate surface area is 295 Å². The first kappa shape index (κ1) is 33.7. The maximum absolute atomic E-state index is 12.9. The second-order valence-electron chi connectivity index (χ2n) is 13.3. The molecule has 5 heterocycles. The van der Waals surface area contributed by atoms with Crippen LogP contribution in [0.2, 0.25) is 10.0 Å². The zero-order valence-electron chi connectivity index (χ0n) is 27.4. The number of aromatic nitrogens is 2. The van der Waals surface area contributed by atoms with Gasteiger partial charge in [0.05, 0.1) is 41.8 Å². The molecule has 3 aliphatic rings. The minimum atomic E-state index is -1.01. The first-order chi connectivity index (χ1) is 23.7. The van der Waals surface area contributed by atoms with Crippen LogP contribution in [0.5, 0.6) is 11.6 Å². The van der Waals surface area contributed by atoms with Crippen LogP contribution < -0.4 is 14.8 Å². The van der Waals surface area contributed by atoms with Crippen molar-refractivity contribution >= 4 is 29.1 Å². The van der Waals surface area contributed by atoms with Gasteiger partial charge in [0.2, 0.25) is 11.8 Å². The minimum Gasteiger partial charge on any atom is -0.496 e. The van der Waals surface area contributed by atoms with Crippen molar-refractivity contribution in [2.75, 3.05) is 53.6 Å². The van der Waals surface area contributed by atoms with E-state index >= 15 is 0 Å². The lowest BCUT2D eigenvalue weighted by Gasteiger charge is -2.47. The smallest absolute Gasteiger partial charge is 0.220 e. The van der Waals surface area contributed by atoms with E-state index in [9.17, 15) is 14.3 Å². The minimum absolute atomic E-state index is 0.0520. The van der Waals surface area contributed by atoms with Gasteiger partial charge in [-0.15, -0.1) is 0 Å². The number of nitrogens with one attached hydrogen (secondary N) is 1. The fourth-order valence-corrected chi connectivity index (χ4v) is 8.09. The molecule has 2 aromatic carbocycles. The van der Waals surface area contributed by atoms with E-state index in [1.807, 2.05) is 47.4 Å². The molecule has 256 valence electrons. The Morgan fingerprint density at radius 1 is 1.04 bits per heavy atom. The van der Waals surface area contributed by atoms with Crippen molar-refractivity contribution in [2.45, 2.75) is 32.0 Å². The number of methoxy groups -OCH3 is 2. The maximum atomic E-state index is 12.9. The third-order valence-electron chi connectivity index (χ3n) is 9.82. The summed E-state index contributed by atoms with van der Waals surface area (Å²) in [6.07, 6.45) is 2.02. The number of hydrogen-bond acceptors (Lipinski definition) is 8. The van der Waals surface area contributed by atoms with Gasteiger partial charge in [-0.2, -0.15) is 0 Å². The Balaban J connectivity index is 1.15. The van der Waals surface area contributed by atoms with Crippen molar-refractivity contribution in [1.82, 2.24) is 25.1 Å². The number of alkyl halides is 1. The van der Waals surface area contributed by atoms with Crippen LogP contribution in [0.4, 0.5) is 4.39 Å². The van der Waals surface area contributed by atoms with E-state index in [4.69, 9.17) is 37.7 Å². The molecule has 1 atom stereocenters.